The third-order valence-corrected chi connectivity index (χ3v) is 8.53. The Bertz CT molecular complexity index is 971. The van der Waals surface area contributed by atoms with Crippen molar-refractivity contribution in [3.63, 3.8) is 0 Å². The Labute approximate surface area is 214 Å². The van der Waals surface area contributed by atoms with Gasteiger partial charge < -0.3 is 15.1 Å². The first-order valence-corrected chi connectivity index (χ1v) is 14.1. The highest BCUT2D eigenvalue weighted by Gasteiger charge is 2.27. The minimum absolute atomic E-state index is 0.0785. The molecule has 2 aromatic rings. The van der Waals surface area contributed by atoms with Gasteiger partial charge >= 0.3 is 0 Å². The molecule has 0 atom stereocenters. The Hall–Kier alpha value is -2.25. The Morgan fingerprint density at radius 3 is 2.37 bits per heavy atom. The van der Waals surface area contributed by atoms with E-state index in [1.807, 2.05) is 11.8 Å². The SMILES string of the molecule is Cc1ccc(-c2nc(C)c(C(=O)N3CCC(CC(=O)NCCCN4CCCCCC4)CC3)s2)cc1. The third-order valence-electron chi connectivity index (χ3n) is 7.34. The maximum absolute atomic E-state index is 13.2. The van der Waals surface area contributed by atoms with Gasteiger partial charge in [-0.1, -0.05) is 42.7 Å². The molecule has 0 unspecified atom stereocenters. The molecule has 3 heterocycles. The van der Waals surface area contributed by atoms with Gasteiger partial charge in [-0.05, 0) is 71.5 Å². The van der Waals surface area contributed by atoms with Gasteiger partial charge in [-0.25, -0.2) is 4.98 Å². The van der Waals surface area contributed by atoms with Crippen molar-refractivity contribution in [1.29, 1.82) is 0 Å². The molecular weight excluding hydrogens is 456 g/mol. The second-order valence-corrected chi connectivity index (χ2v) is 11.2. The molecule has 7 heteroatoms. The first-order chi connectivity index (χ1) is 17.0. The van der Waals surface area contributed by atoms with Crippen molar-refractivity contribution < 1.29 is 9.59 Å². The summed E-state index contributed by atoms with van der Waals surface area (Å²) in [6.45, 7) is 9.68. The number of nitrogens with zero attached hydrogens (tertiary/aromatic N) is 3. The second-order valence-electron chi connectivity index (χ2n) is 10.2. The van der Waals surface area contributed by atoms with Crippen LogP contribution < -0.4 is 5.32 Å². The van der Waals surface area contributed by atoms with E-state index in [0.29, 0.717) is 25.4 Å². The molecule has 6 nitrogen and oxygen atoms in total. The molecule has 4 rings (SSSR count). The number of nitrogens with one attached hydrogen (secondary N) is 1. The summed E-state index contributed by atoms with van der Waals surface area (Å²) in [6.07, 6.45) is 8.70. The summed E-state index contributed by atoms with van der Waals surface area (Å²) in [5, 5.41) is 4.02. The van der Waals surface area contributed by atoms with E-state index in [0.717, 1.165) is 53.5 Å². The van der Waals surface area contributed by atoms with Crippen molar-refractivity contribution >= 4 is 23.2 Å². The molecule has 0 spiro atoms. The van der Waals surface area contributed by atoms with E-state index in [9.17, 15) is 9.59 Å². The van der Waals surface area contributed by atoms with Gasteiger partial charge in [0.15, 0.2) is 0 Å². The molecule has 1 aromatic carbocycles. The Balaban J connectivity index is 1.18. The van der Waals surface area contributed by atoms with Gasteiger partial charge in [0.2, 0.25) is 5.91 Å². The molecule has 0 aliphatic carbocycles. The highest BCUT2D eigenvalue weighted by atomic mass is 32.1. The number of carbonyl (C=O) groups excluding carboxylic acids is 2. The Kier molecular flexibility index (Phi) is 9.32. The van der Waals surface area contributed by atoms with Crippen LogP contribution in [0.4, 0.5) is 0 Å². The number of aryl methyl sites for hydroxylation is 2. The maximum Gasteiger partial charge on any atom is 0.265 e. The van der Waals surface area contributed by atoms with Gasteiger partial charge in [0.05, 0.1) is 5.69 Å². The molecule has 1 aromatic heterocycles. The molecule has 35 heavy (non-hydrogen) atoms. The fraction of sp³-hybridized carbons (Fsp3) is 0.607. The molecule has 1 N–H and O–H groups in total. The zero-order valence-electron chi connectivity index (χ0n) is 21.4. The van der Waals surface area contributed by atoms with Crippen LogP contribution in [0.1, 0.15) is 72.3 Å². The van der Waals surface area contributed by atoms with Gasteiger partial charge in [0, 0.05) is 31.6 Å². The molecule has 190 valence electrons. The lowest BCUT2D eigenvalue weighted by atomic mass is 9.93. The van der Waals surface area contributed by atoms with E-state index >= 15 is 0 Å². The van der Waals surface area contributed by atoms with Crippen LogP contribution in [0.3, 0.4) is 0 Å². The Morgan fingerprint density at radius 1 is 1.00 bits per heavy atom. The summed E-state index contributed by atoms with van der Waals surface area (Å²) in [7, 11) is 0. The van der Waals surface area contributed by atoms with Gasteiger partial charge in [0.1, 0.15) is 9.88 Å². The van der Waals surface area contributed by atoms with Crippen LogP contribution in [-0.2, 0) is 4.79 Å². The van der Waals surface area contributed by atoms with E-state index in [1.165, 1.54) is 55.7 Å². The van der Waals surface area contributed by atoms with Gasteiger partial charge in [-0.2, -0.15) is 0 Å². The summed E-state index contributed by atoms with van der Waals surface area (Å²) >= 11 is 1.48. The van der Waals surface area contributed by atoms with E-state index < -0.39 is 0 Å². The highest BCUT2D eigenvalue weighted by Crippen LogP contribution is 2.30. The van der Waals surface area contributed by atoms with Crippen LogP contribution in [0, 0.1) is 19.8 Å². The van der Waals surface area contributed by atoms with Crippen LogP contribution in [0.15, 0.2) is 24.3 Å². The molecule has 2 fully saturated rings. The first-order valence-electron chi connectivity index (χ1n) is 13.3. The van der Waals surface area contributed by atoms with Crippen LogP contribution in [-0.4, -0.2) is 65.9 Å². The lowest BCUT2D eigenvalue weighted by Crippen LogP contribution is -2.39. The molecule has 2 aliphatic heterocycles. The summed E-state index contributed by atoms with van der Waals surface area (Å²) in [5.41, 5.74) is 3.07. The van der Waals surface area contributed by atoms with E-state index in [2.05, 4.69) is 46.4 Å². The maximum atomic E-state index is 13.2. The number of likely N-dealkylation sites (tertiary alicyclic amines) is 2. The minimum atomic E-state index is 0.0785. The summed E-state index contributed by atoms with van der Waals surface area (Å²) in [6, 6.07) is 8.27. The number of hydrogen-bond acceptors (Lipinski definition) is 5. The van der Waals surface area contributed by atoms with Crippen LogP contribution in [0.2, 0.25) is 0 Å². The van der Waals surface area contributed by atoms with Crippen molar-refractivity contribution in [3.8, 4) is 10.6 Å². The lowest BCUT2D eigenvalue weighted by molar-refractivity contribution is -0.122. The zero-order chi connectivity index (χ0) is 24.6. The lowest BCUT2D eigenvalue weighted by Gasteiger charge is -2.31. The molecule has 0 radical (unpaired) electrons. The quantitative estimate of drug-likeness (QED) is 0.520. The topological polar surface area (TPSA) is 65.5 Å². The normalized spacial score (nSPS) is 17.8. The predicted octanol–water partition coefficient (Wildman–Crippen LogP) is 5.05. The second kappa shape index (κ2) is 12.6. The van der Waals surface area contributed by atoms with Crippen molar-refractivity contribution in [2.24, 2.45) is 5.92 Å². The summed E-state index contributed by atoms with van der Waals surface area (Å²) in [4.78, 5) is 35.5. The van der Waals surface area contributed by atoms with Crippen molar-refractivity contribution in [2.75, 3.05) is 39.3 Å². The molecule has 0 saturated carbocycles. The number of thiazole rings is 1. The van der Waals surface area contributed by atoms with Crippen LogP contribution in [0.5, 0.6) is 0 Å². The number of amides is 2. The fourth-order valence-corrected chi connectivity index (χ4v) is 6.16. The molecule has 0 bridgehead atoms. The summed E-state index contributed by atoms with van der Waals surface area (Å²) < 4.78 is 0. The minimum Gasteiger partial charge on any atom is -0.356 e. The number of carbonyl (C=O) groups is 2. The zero-order valence-corrected chi connectivity index (χ0v) is 22.2. The predicted molar refractivity (Wildman–Crippen MR) is 143 cm³/mol. The summed E-state index contributed by atoms with van der Waals surface area (Å²) in [5.74, 6) is 0.594. The van der Waals surface area contributed by atoms with Crippen molar-refractivity contribution in [3.05, 3.63) is 40.4 Å². The first kappa shape index (κ1) is 25.8. The number of piperidine rings is 1. The van der Waals surface area contributed by atoms with Crippen LogP contribution in [0.25, 0.3) is 10.6 Å². The average molecular weight is 497 g/mol. The molecule has 2 saturated heterocycles. The van der Waals surface area contributed by atoms with Crippen molar-refractivity contribution in [2.45, 2.75) is 65.2 Å². The standard InChI is InChI=1S/C28H40N4O2S/c1-21-8-10-24(11-9-21)27-30-22(2)26(35-27)28(34)32-18-12-23(13-19-32)20-25(33)29-14-7-17-31-15-5-3-4-6-16-31/h8-11,23H,3-7,12-20H2,1-2H3,(H,29,33). The molecule has 2 amide bonds. The van der Waals surface area contributed by atoms with E-state index in [-0.39, 0.29) is 11.8 Å². The smallest absolute Gasteiger partial charge is 0.265 e. The van der Waals surface area contributed by atoms with Gasteiger partial charge in [-0.15, -0.1) is 11.3 Å². The van der Waals surface area contributed by atoms with Crippen molar-refractivity contribution in [1.82, 2.24) is 20.1 Å². The van der Waals surface area contributed by atoms with E-state index in [1.54, 1.807) is 0 Å². The number of benzene rings is 1. The van der Waals surface area contributed by atoms with Gasteiger partial charge in [0.25, 0.3) is 5.91 Å². The molecular formula is C28H40N4O2S. The van der Waals surface area contributed by atoms with Crippen LogP contribution >= 0.6 is 11.3 Å². The number of rotatable bonds is 8. The number of aromatic nitrogens is 1. The molecule has 2 aliphatic rings. The monoisotopic (exact) mass is 496 g/mol. The largest absolute Gasteiger partial charge is 0.356 e. The Morgan fingerprint density at radius 2 is 1.69 bits per heavy atom. The average Bonchev–Trinajstić information content (AvgIpc) is 3.06. The third kappa shape index (κ3) is 7.37. The van der Waals surface area contributed by atoms with Gasteiger partial charge in [-0.3, -0.25) is 9.59 Å². The van der Waals surface area contributed by atoms with E-state index in [4.69, 9.17) is 0 Å². The fourth-order valence-electron chi connectivity index (χ4n) is 5.12. The highest BCUT2D eigenvalue weighted by molar-refractivity contribution is 7.17. The number of hydrogen-bond donors (Lipinski definition) is 1.